The van der Waals surface area contributed by atoms with Gasteiger partial charge in [0.1, 0.15) is 0 Å². The summed E-state index contributed by atoms with van der Waals surface area (Å²) in [6.07, 6.45) is 4.07. The Labute approximate surface area is 336 Å². The van der Waals surface area contributed by atoms with Gasteiger partial charge in [0.2, 0.25) is 0 Å². The van der Waals surface area contributed by atoms with E-state index < -0.39 is 11.6 Å². The molecule has 0 saturated heterocycles. The van der Waals surface area contributed by atoms with Gasteiger partial charge in [-0.05, 0) is 158 Å². The van der Waals surface area contributed by atoms with E-state index in [1.807, 2.05) is 88.9 Å². The summed E-state index contributed by atoms with van der Waals surface area (Å²) in [5.41, 5.74) is 7.16. The van der Waals surface area contributed by atoms with Crippen LogP contribution in [0, 0.1) is 0 Å². The van der Waals surface area contributed by atoms with Gasteiger partial charge in [-0.3, -0.25) is 0 Å². The Hall–Kier alpha value is -2.85. The Kier molecular flexibility index (Phi) is 11.1. The molecule has 1 aliphatic heterocycles. The van der Waals surface area contributed by atoms with Crippen LogP contribution in [0.1, 0.15) is 38.2 Å². The first kappa shape index (κ1) is 36.9. The molecule has 0 N–H and O–H groups in total. The number of fused-ring (bicyclic) bond motifs is 1. The molecule has 4 nitrogen and oxygen atoms in total. The molecule has 0 unspecified atom stereocenters. The van der Waals surface area contributed by atoms with Crippen molar-refractivity contribution in [3.63, 3.8) is 0 Å². The molecule has 0 fully saturated rings. The van der Waals surface area contributed by atoms with E-state index in [1.165, 1.54) is 0 Å². The molecule has 0 saturated carbocycles. The zero-order chi connectivity index (χ0) is 35.9. The number of anilines is 2. The van der Waals surface area contributed by atoms with Crippen molar-refractivity contribution < 1.29 is 9.53 Å². The number of carbonyl (C=O) groups is 1. The maximum absolute atomic E-state index is 14.1. The number of hydrogen-bond acceptors (Lipinski definition) is 4. The molecule has 5 aromatic carbocycles. The summed E-state index contributed by atoms with van der Waals surface area (Å²) in [5.74, 6) is -0.468. The van der Waals surface area contributed by atoms with Crippen LogP contribution < -0.4 is 9.80 Å². The third-order valence-electron chi connectivity index (χ3n) is 8.54. The first-order valence-corrected chi connectivity index (χ1v) is 19.4. The minimum Gasteiger partial charge on any atom is -0.442 e. The molecule has 0 radical (unpaired) electrons. The Morgan fingerprint density at radius 2 is 0.900 bits per heavy atom. The number of benzene rings is 5. The van der Waals surface area contributed by atoms with Gasteiger partial charge in [-0.1, -0.05) is 71.7 Å². The highest BCUT2D eigenvalue weighted by atomic mass is 79.9. The van der Waals surface area contributed by atoms with E-state index >= 15 is 0 Å². The third-order valence-corrected chi connectivity index (χ3v) is 13.8. The molecule has 254 valence electrons. The normalized spacial score (nSPS) is 15.9. The van der Waals surface area contributed by atoms with Crippen LogP contribution >= 0.6 is 86.9 Å². The largest absolute Gasteiger partial charge is 0.442 e. The van der Waals surface area contributed by atoms with Crippen molar-refractivity contribution in [1.82, 2.24) is 0 Å². The molecule has 0 amide bonds. The fourth-order valence-electron chi connectivity index (χ4n) is 5.92. The van der Waals surface area contributed by atoms with Gasteiger partial charge in [-0.25, -0.2) is 4.79 Å². The second-order valence-electron chi connectivity index (χ2n) is 12.2. The topological polar surface area (TPSA) is 32.8 Å². The van der Waals surface area contributed by atoms with Crippen LogP contribution in [0.15, 0.2) is 127 Å². The summed E-state index contributed by atoms with van der Waals surface area (Å²) < 4.78 is 9.34. The standard InChI is InChI=1S/C40H30Br4Cl2N2O2/c1-47(2)29-17-9-25(10-18-29)31(23-5-13-27(45)14-6-23)21-40(34-33(39(49)50-40)35(41)37(43)38(44)36(34)42)22-32(24-7-15-28(46)16-8-24)26-11-19-30(20-12-26)48(3)4/h5-22H,1-4H3/b31-21+,32-22+. The average Bonchev–Trinajstić information content (AvgIpc) is 3.40. The van der Waals surface area contributed by atoms with Crippen LogP contribution in [0.4, 0.5) is 11.4 Å². The average molecular weight is 961 g/mol. The Bertz CT molecular complexity index is 2030. The molecule has 1 aliphatic rings. The second kappa shape index (κ2) is 15.0. The fourth-order valence-corrected chi connectivity index (χ4v) is 8.77. The molecular formula is C40H30Br4Cl2N2O2. The van der Waals surface area contributed by atoms with Gasteiger partial charge < -0.3 is 14.5 Å². The highest BCUT2D eigenvalue weighted by molar-refractivity contribution is 9.15. The predicted octanol–water partition coefficient (Wildman–Crippen LogP) is 12.8. The summed E-state index contributed by atoms with van der Waals surface area (Å²) >= 11 is 27.7. The van der Waals surface area contributed by atoms with Crippen molar-refractivity contribution in [1.29, 1.82) is 0 Å². The van der Waals surface area contributed by atoms with Crippen LogP contribution in [-0.2, 0) is 10.3 Å². The van der Waals surface area contributed by atoms with Gasteiger partial charge in [0, 0.05) is 73.1 Å². The lowest BCUT2D eigenvalue weighted by molar-refractivity contribution is 0.0298. The van der Waals surface area contributed by atoms with Crippen molar-refractivity contribution >= 4 is 115 Å². The van der Waals surface area contributed by atoms with Crippen molar-refractivity contribution in [2.24, 2.45) is 0 Å². The molecule has 0 bridgehead atoms. The first-order valence-electron chi connectivity index (χ1n) is 15.4. The van der Waals surface area contributed by atoms with E-state index in [0.29, 0.717) is 34.6 Å². The predicted molar refractivity (Wildman–Crippen MR) is 223 cm³/mol. The second-order valence-corrected chi connectivity index (χ2v) is 16.2. The number of carbonyl (C=O) groups excluding carboxylic acids is 1. The van der Waals surface area contributed by atoms with Crippen LogP contribution in [0.25, 0.3) is 11.1 Å². The van der Waals surface area contributed by atoms with Gasteiger partial charge in [0.15, 0.2) is 5.60 Å². The fraction of sp³-hybridized carbons (Fsp3) is 0.125. The van der Waals surface area contributed by atoms with E-state index in [2.05, 4.69) is 122 Å². The lowest BCUT2D eigenvalue weighted by Crippen LogP contribution is -2.23. The molecule has 0 aliphatic carbocycles. The van der Waals surface area contributed by atoms with Gasteiger partial charge in [0.25, 0.3) is 0 Å². The summed E-state index contributed by atoms with van der Waals surface area (Å²) in [6, 6.07) is 32.0. The number of rotatable bonds is 8. The van der Waals surface area contributed by atoms with E-state index in [9.17, 15) is 4.79 Å². The molecule has 5 aromatic rings. The quantitative estimate of drug-likeness (QED) is 0.0881. The van der Waals surface area contributed by atoms with Gasteiger partial charge in [-0.15, -0.1) is 0 Å². The Morgan fingerprint density at radius 1 is 0.560 bits per heavy atom. The number of halogens is 6. The van der Waals surface area contributed by atoms with Gasteiger partial charge in [-0.2, -0.15) is 0 Å². The molecule has 0 aromatic heterocycles. The van der Waals surface area contributed by atoms with Crippen molar-refractivity contribution in [3.05, 3.63) is 171 Å². The Morgan fingerprint density at radius 3 is 1.26 bits per heavy atom. The maximum atomic E-state index is 14.1. The molecule has 0 atom stereocenters. The van der Waals surface area contributed by atoms with E-state index in [1.54, 1.807) is 0 Å². The maximum Gasteiger partial charge on any atom is 0.341 e. The number of hydrogen-bond donors (Lipinski definition) is 0. The lowest BCUT2D eigenvalue weighted by Gasteiger charge is -2.28. The third kappa shape index (κ3) is 7.25. The number of nitrogens with zero attached hydrogens (tertiary/aromatic N) is 2. The minimum absolute atomic E-state index is 0.413. The number of ether oxygens (including phenoxy) is 1. The minimum atomic E-state index is -1.40. The van der Waals surface area contributed by atoms with Crippen LogP contribution in [0.5, 0.6) is 0 Å². The van der Waals surface area contributed by atoms with Crippen LogP contribution in [-0.4, -0.2) is 34.2 Å². The van der Waals surface area contributed by atoms with E-state index in [-0.39, 0.29) is 0 Å². The molecule has 6 rings (SSSR count). The zero-order valence-electron chi connectivity index (χ0n) is 27.4. The number of cyclic esters (lactones) is 1. The van der Waals surface area contributed by atoms with E-state index in [0.717, 1.165) is 49.2 Å². The highest BCUT2D eigenvalue weighted by Gasteiger charge is 2.48. The summed E-state index contributed by atoms with van der Waals surface area (Å²) in [7, 11) is 8.03. The summed E-state index contributed by atoms with van der Waals surface area (Å²) in [4.78, 5) is 18.3. The van der Waals surface area contributed by atoms with Crippen molar-refractivity contribution in [3.8, 4) is 0 Å². The monoisotopic (exact) mass is 956 g/mol. The molecule has 10 heteroatoms. The zero-order valence-corrected chi connectivity index (χ0v) is 35.2. The molecule has 50 heavy (non-hydrogen) atoms. The van der Waals surface area contributed by atoms with Gasteiger partial charge in [0.05, 0.1) is 5.56 Å². The SMILES string of the molecule is CN(C)c1ccc(/C(=C/C2(/C=C(\c3ccc(Cl)cc3)c3ccc(N(C)C)cc3)OC(=O)c3c(Br)c(Br)c(Br)c(Br)c32)c2ccc(Cl)cc2)cc1. The number of esters is 1. The van der Waals surface area contributed by atoms with Crippen LogP contribution in [0.2, 0.25) is 10.0 Å². The Balaban J connectivity index is 1.74. The molecule has 0 spiro atoms. The van der Waals surface area contributed by atoms with Crippen LogP contribution in [0.3, 0.4) is 0 Å². The summed E-state index contributed by atoms with van der Waals surface area (Å²) in [5, 5.41) is 1.24. The smallest absolute Gasteiger partial charge is 0.341 e. The molecular weight excluding hydrogens is 931 g/mol. The van der Waals surface area contributed by atoms with E-state index in [4.69, 9.17) is 27.9 Å². The van der Waals surface area contributed by atoms with Gasteiger partial charge >= 0.3 is 5.97 Å². The molecule has 1 heterocycles. The highest BCUT2D eigenvalue weighted by Crippen LogP contribution is 2.53. The van der Waals surface area contributed by atoms with Crippen molar-refractivity contribution in [2.75, 3.05) is 38.0 Å². The lowest BCUT2D eigenvalue weighted by atomic mass is 9.83. The van der Waals surface area contributed by atoms with Crippen molar-refractivity contribution in [2.45, 2.75) is 5.60 Å². The first-order chi connectivity index (χ1) is 23.8. The summed E-state index contributed by atoms with van der Waals surface area (Å²) in [6.45, 7) is 0.